The van der Waals surface area contributed by atoms with Gasteiger partial charge in [0.15, 0.2) is 0 Å². The van der Waals surface area contributed by atoms with Crippen LogP contribution in [-0.2, 0) is 6.54 Å². The van der Waals surface area contributed by atoms with Crippen molar-refractivity contribution in [3.8, 4) is 11.1 Å². The van der Waals surface area contributed by atoms with Gasteiger partial charge < -0.3 is 10.0 Å². The van der Waals surface area contributed by atoms with Crippen molar-refractivity contribution in [2.75, 3.05) is 6.54 Å². The number of hydrogen-bond donors (Lipinski definition) is 1. The van der Waals surface area contributed by atoms with E-state index in [2.05, 4.69) is 37.5 Å². The largest absolute Gasteiger partial charge is 0.478 e. The van der Waals surface area contributed by atoms with Crippen LogP contribution < -0.4 is 0 Å². The molecule has 0 amide bonds. The van der Waals surface area contributed by atoms with Gasteiger partial charge in [-0.05, 0) is 42.7 Å². The molecule has 0 aliphatic rings. The summed E-state index contributed by atoms with van der Waals surface area (Å²) >= 11 is 0. The molecule has 24 heavy (non-hydrogen) atoms. The van der Waals surface area contributed by atoms with Gasteiger partial charge in [-0.25, -0.2) is 4.79 Å². The van der Waals surface area contributed by atoms with Crippen LogP contribution in [0.4, 0.5) is 0 Å². The van der Waals surface area contributed by atoms with E-state index in [0.717, 1.165) is 24.2 Å². The molecule has 0 saturated heterocycles. The zero-order valence-electron chi connectivity index (χ0n) is 14.2. The Morgan fingerprint density at radius 2 is 1.83 bits per heavy atom. The quantitative estimate of drug-likeness (QED) is 0.732. The van der Waals surface area contributed by atoms with E-state index in [-0.39, 0.29) is 0 Å². The Morgan fingerprint density at radius 3 is 2.42 bits per heavy atom. The molecule has 3 nitrogen and oxygen atoms in total. The number of benzene rings is 2. The van der Waals surface area contributed by atoms with Gasteiger partial charge in [0.2, 0.25) is 0 Å². The zero-order chi connectivity index (χ0) is 17.5. The molecule has 0 bridgehead atoms. The van der Waals surface area contributed by atoms with Crippen molar-refractivity contribution in [1.82, 2.24) is 4.90 Å². The monoisotopic (exact) mass is 321 g/mol. The molecule has 0 unspecified atom stereocenters. The summed E-state index contributed by atoms with van der Waals surface area (Å²) in [6.07, 6.45) is 3.80. The van der Waals surface area contributed by atoms with Crippen LogP contribution >= 0.6 is 0 Å². The molecule has 1 N–H and O–H groups in total. The maximum atomic E-state index is 11.4. The van der Waals surface area contributed by atoms with Crippen LogP contribution in [0.2, 0.25) is 0 Å². The second kappa shape index (κ2) is 8.16. The lowest BCUT2D eigenvalue weighted by Crippen LogP contribution is -2.20. The van der Waals surface area contributed by atoms with E-state index in [9.17, 15) is 9.90 Å². The molecular weight excluding hydrogens is 298 g/mol. The predicted molar refractivity (Wildman–Crippen MR) is 98.9 cm³/mol. The van der Waals surface area contributed by atoms with Gasteiger partial charge in [0.25, 0.3) is 0 Å². The molecule has 0 aliphatic heterocycles. The van der Waals surface area contributed by atoms with E-state index in [4.69, 9.17) is 0 Å². The molecule has 2 aromatic carbocycles. The summed E-state index contributed by atoms with van der Waals surface area (Å²) < 4.78 is 0. The van der Waals surface area contributed by atoms with Crippen LogP contribution in [0.15, 0.2) is 73.0 Å². The first-order valence-electron chi connectivity index (χ1n) is 8.02. The molecule has 3 heteroatoms. The average molecular weight is 321 g/mol. The summed E-state index contributed by atoms with van der Waals surface area (Å²) in [6, 6.07) is 15.2. The van der Waals surface area contributed by atoms with E-state index in [1.807, 2.05) is 30.3 Å². The SMILES string of the molecule is C=C/C=C(\C)N(CC)Cc1ccc(-c2ccccc2C(=O)O)cc1. The molecule has 0 heterocycles. The Hall–Kier alpha value is -2.81. The van der Waals surface area contributed by atoms with E-state index in [0.29, 0.717) is 5.56 Å². The van der Waals surface area contributed by atoms with Crippen LogP contribution in [0.1, 0.15) is 29.8 Å². The summed E-state index contributed by atoms with van der Waals surface area (Å²) in [7, 11) is 0. The van der Waals surface area contributed by atoms with Gasteiger partial charge in [0.05, 0.1) is 5.56 Å². The Bertz CT molecular complexity index is 745. The Balaban J connectivity index is 2.24. The number of rotatable bonds is 7. The van der Waals surface area contributed by atoms with Crippen molar-refractivity contribution >= 4 is 5.97 Å². The van der Waals surface area contributed by atoms with Crippen molar-refractivity contribution in [2.24, 2.45) is 0 Å². The number of carboxylic acids is 1. The van der Waals surface area contributed by atoms with Crippen molar-refractivity contribution in [1.29, 1.82) is 0 Å². The summed E-state index contributed by atoms with van der Waals surface area (Å²) in [6.45, 7) is 9.67. The number of aromatic carboxylic acids is 1. The Kier molecular flexibility index (Phi) is 5.96. The first-order chi connectivity index (χ1) is 11.6. The third kappa shape index (κ3) is 4.13. The molecule has 2 rings (SSSR count). The minimum atomic E-state index is -0.906. The molecule has 0 saturated carbocycles. The number of carbonyl (C=O) groups is 1. The average Bonchev–Trinajstić information content (AvgIpc) is 2.60. The van der Waals surface area contributed by atoms with Crippen LogP contribution in [-0.4, -0.2) is 22.5 Å². The Morgan fingerprint density at radius 1 is 1.17 bits per heavy atom. The maximum Gasteiger partial charge on any atom is 0.336 e. The number of nitrogens with zero attached hydrogens (tertiary/aromatic N) is 1. The van der Waals surface area contributed by atoms with E-state index in [1.165, 1.54) is 11.3 Å². The molecule has 0 aliphatic carbocycles. The smallest absolute Gasteiger partial charge is 0.336 e. The van der Waals surface area contributed by atoms with Gasteiger partial charge in [0, 0.05) is 18.8 Å². The molecule has 0 radical (unpaired) electrons. The molecule has 0 fully saturated rings. The van der Waals surface area contributed by atoms with Crippen molar-refractivity contribution in [3.05, 3.63) is 84.1 Å². The fourth-order valence-corrected chi connectivity index (χ4v) is 2.69. The second-order valence-corrected chi connectivity index (χ2v) is 5.61. The van der Waals surface area contributed by atoms with Crippen molar-refractivity contribution < 1.29 is 9.90 Å². The highest BCUT2D eigenvalue weighted by atomic mass is 16.4. The minimum Gasteiger partial charge on any atom is -0.478 e. The van der Waals surface area contributed by atoms with Gasteiger partial charge >= 0.3 is 5.97 Å². The summed E-state index contributed by atoms with van der Waals surface area (Å²) in [5.41, 5.74) is 4.34. The normalized spacial score (nSPS) is 11.2. The molecule has 0 spiro atoms. The van der Waals surface area contributed by atoms with Crippen LogP contribution in [0.5, 0.6) is 0 Å². The lowest BCUT2D eigenvalue weighted by Gasteiger charge is -2.23. The fraction of sp³-hybridized carbons (Fsp3) is 0.190. The molecule has 124 valence electrons. The molecular formula is C21H23NO2. The van der Waals surface area contributed by atoms with Crippen LogP contribution in [0, 0.1) is 0 Å². The van der Waals surface area contributed by atoms with Gasteiger partial charge in [-0.3, -0.25) is 0 Å². The predicted octanol–water partition coefficient (Wildman–Crippen LogP) is 4.96. The zero-order valence-corrected chi connectivity index (χ0v) is 14.2. The number of hydrogen-bond acceptors (Lipinski definition) is 2. The van der Waals surface area contributed by atoms with Gasteiger partial charge in [-0.2, -0.15) is 0 Å². The van der Waals surface area contributed by atoms with Gasteiger partial charge in [-0.1, -0.05) is 55.1 Å². The summed E-state index contributed by atoms with van der Waals surface area (Å²) in [5.74, 6) is -0.906. The van der Waals surface area contributed by atoms with E-state index >= 15 is 0 Å². The highest BCUT2D eigenvalue weighted by Gasteiger charge is 2.11. The number of allylic oxidation sites excluding steroid dienone is 3. The topological polar surface area (TPSA) is 40.5 Å². The third-order valence-electron chi connectivity index (χ3n) is 4.04. The van der Waals surface area contributed by atoms with Gasteiger partial charge in [-0.15, -0.1) is 0 Å². The lowest BCUT2D eigenvalue weighted by atomic mass is 9.98. The molecule has 0 aromatic heterocycles. The minimum absolute atomic E-state index is 0.324. The van der Waals surface area contributed by atoms with E-state index in [1.54, 1.807) is 18.2 Å². The summed E-state index contributed by atoms with van der Waals surface area (Å²) in [4.78, 5) is 13.6. The fourth-order valence-electron chi connectivity index (χ4n) is 2.69. The van der Waals surface area contributed by atoms with Gasteiger partial charge in [0.1, 0.15) is 0 Å². The first kappa shape index (κ1) is 17.5. The highest BCUT2D eigenvalue weighted by Crippen LogP contribution is 2.24. The lowest BCUT2D eigenvalue weighted by molar-refractivity contribution is 0.0697. The van der Waals surface area contributed by atoms with Crippen LogP contribution in [0.25, 0.3) is 11.1 Å². The van der Waals surface area contributed by atoms with E-state index < -0.39 is 5.97 Å². The maximum absolute atomic E-state index is 11.4. The van der Waals surface area contributed by atoms with Crippen molar-refractivity contribution in [2.45, 2.75) is 20.4 Å². The highest BCUT2D eigenvalue weighted by molar-refractivity contribution is 5.95. The van der Waals surface area contributed by atoms with Crippen molar-refractivity contribution in [3.63, 3.8) is 0 Å². The Labute approximate surface area is 143 Å². The standard InChI is InChI=1S/C21H23NO2/c1-4-8-16(3)22(5-2)15-17-11-13-18(14-12-17)19-9-6-7-10-20(19)21(23)24/h4,6-14H,1,5,15H2,2-3H3,(H,23,24)/b16-8+. The first-order valence-corrected chi connectivity index (χ1v) is 8.02. The molecule has 0 atom stereocenters. The third-order valence-corrected chi connectivity index (χ3v) is 4.04. The number of carboxylic acid groups (broad SMARTS) is 1. The second-order valence-electron chi connectivity index (χ2n) is 5.61. The summed E-state index contributed by atoms with van der Waals surface area (Å²) in [5, 5.41) is 9.32. The molecule has 2 aromatic rings. The van der Waals surface area contributed by atoms with Crippen LogP contribution in [0.3, 0.4) is 0 Å².